The van der Waals surface area contributed by atoms with Crippen LogP contribution in [0.25, 0.3) is 16.1 Å². The molecule has 0 fully saturated rings. The van der Waals surface area contributed by atoms with Gasteiger partial charge in [-0.3, -0.25) is 0 Å². The van der Waals surface area contributed by atoms with Gasteiger partial charge in [-0.1, -0.05) is 12.2 Å². The highest BCUT2D eigenvalue weighted by molar-refractivity contribution is 7.71. The van der Waals surface area contributed by atoms with Crippen LogP contribution in [0.4, 0.5) is 0 Å². The van der Waals surface area contributed by atoms with Gasteiger partial charge in [-0.15, -0.1) is 0 Å². The van der Waals surface area contributed by atoms with Crippen LogP contribution in [0.1, 0.15) is 0 Å². The first-order valence-corrected chi connectivity index (χ1v) is 3.73. The molecule has 0 aliphatic heterocycles. The second-order valence-corrected chi connectivity index (χ2v) is 2.66. The van der Waals surface area contributed by atoms with Crippen molar-refractivity contribution in [2.24, 2.45) is 0 Å². The molecule has 1 rings (SSSR count). The second kappa shape index (κ2) is 3.50. The van der Waals surface area contributed by atoms with Gasteiger partial charge in [-0.2, -0.15) is 10.5 Å². The van der Waals surface area contributed by atoms with Gasteiger partial charge in [-0.25, -0.2) is 10.1 Å². The summed E-state index contributed by atoms with van der Waals surface area (Å²) in [5.41, 5.74) is -0.297. The molecule has 14 heavy (non-hydrogen) atoms. The van der Waals surface area contributed by atoms with E-state index in [4.69, 9.17) is 34.6 Å². The minimum absolute atomic E-state index is 0.138. The summed E-state index contributed by atoms with van der Waals surface area (Å²) in [5.74, 6) is 0. The summed E-state index contributed by atoms with van der Waals surface area (Å²) in [6, 6.07) is 4.99. The molecule has 0 aromatic heterocycles. The average molecular weight is 196 g/mol. The quantitative estimate of drug-likeness (QED) is 0.433. The van der Waals surface area contributed by atoms with Gasteiger partial charge in [0, 0.05) is 14.9 Å². The van der Waals surface area contributed by atoms with Gasteiger partial charge in [-0.05, 0) is 0 Å². The maximum atomic E-state index is 8.53. The molecule has 0 saturated heterocycles. The standard InChI is InChI=1S/C9N4S/c1-13-6(4-12)8-7(9(8)14)5(2-10)3-11/b8-6-. The molecule has 0 atom stereocenters. The number of hydrogen-bond donors (Lipinski definition) is 0. The molecule has 0 heterocycles. The Morgan fingerprint density at radius 1 is 1.14 bits per heavy atom. The SMILES string of the molecule is [C-]#[N+]/C(C#N)=c1\c(=S)c1=C(C#N)C#N. The zero-order valence-corrected chi connectivity index (χ0v) is 7.51. The first-order valence-electron chi connectivity index (χ1n) is 3.32. The van der Waals surface area contributed by atoms with Crippen molar-refractivity contribution in [3.63, 3.8) is 0 Å². The van der Waals surface area contributed by atoms with E-state index in [1.807, 2.05) is 0 Å². The van der Waals surface area contributed by atoms with Crippen LogP contribution >= 0.6 is 12.2 Å². The monoisotopic (exact) mass is 196 g/mol. The lowest BCUT2D eigenvalue weighted by Gasteiger charge is -1.69. The molecule has 1 aromatic rings. The molecule has 0 unspecified atom stereocenters. The van der Waals surface area contributed by atoms with E-state index in [0.717, 1.165) is 0 Å². The molecule has 5 heteroatoms. The van der Waals surface area contributed by atoms with Crippen LogP contribution in [0.5, 0.6) is 0 Å². The van der Waals surface area contributed by atoms with Gasteiger partial charge in [0.2, 0.25) is 0 Å². The fraction of sp³-hybridized carbons (Fsp3) is 0. The van der Waals surface area contributed by atoms with Crippen LogP contribution in [-0.4, -0.2) is 0 Å². The molecule has 0 radical (unpaired) electrons. The number of nitriles is 3. The predicted octanol–water partition coefficient (Wildman–Crippen LogP) is 0.0406. The Kier molecular flexibility index (Phi) is 2.40. The number of rotatable bonds is 0. The summed E-state index contributed by atoms with van der Waals surface area (Å²) < 4.78 is 0.274. The van der Waals surface area contributed by atoms with Crippen LogP contribution in [0.3, 0.4) is 0 Å². The van der Waals surface area contributed by atoms with Gasteiger partial charge in [0.25, 0.3) is 5.70 Å². The van der Waals surface area contributed by atoms with Crippen LogP contribution in [-0.2, 0) is 0 Å². The Bertz CT molecular complexity index is 596. The molecule has 0 amide bonds. The van der Waals surface area contributed by atoms with E-state index in [0.29, 0.717) is 0 Å². The Hall–Kier alpha value is -2.47. The average Bonchev–Trinajstić information content (AvgIpc) is 2.83. The first kappa shape index (κ1) is 9.62. The lowest BCUT2D eigenvalue weighted by molar-refractivity contribution is 1.51. The molecular formula is C9N4S. The molecule has 0 spiro atoms. The van der Waals surface area contributed by atoms with E-state index in [9.17, 15) is 0 Å². The largest absolute Gasteiger partial charge is 0.271 e. The fourth-order valence-corrected chi connectivity index (χ4v) is 1.26. The van der Waals surface area contributed by atoms with Gasteiger partial charge >= 0.3 is 0 Å². The maximum absolute atomic E-state index is 8.53. The van der Waals surface area contributed by atoms with Gasteiger partial charge in [0.15, 0.2) is 0 Å². The van der Waals surface area contributed by atoms with Gasteiger partial charge < -0.3 is 0 Å². The fourth-order valence-electron chi connectivity index (χ4n) is 0.908. The normalized spacial score (nSPS) is 10.6. The summed E-state index contributed by atoms with van der Waals surface area (Å²) in [5, 5.41) is 26.1. The molecule has 0 saturated carbocycles. The molecule has 0 bridgehead atoms. The van der Waals surface area contributed by atoms with Crippen molar-refractivity contribution in [1.82, 2.24) is 0 Å². The van der Waals surface area contributed by atoms with Crippen LogP contribution in [0.2, 0.25) is 0 Å². The van der Waals surface area contributed by atoms with Gasteiger partial charge in [0.05, 0.1) is 12.6 Å². The Morgan fingerprint density at radius 2 is 1.71 bits per heavy atom. The zero-order valence-electron chi connectivity index (χ0n) is 6.70. The predicted molar refractivity (Wildman–Crippen MR) is 49.2 cm³/mol. The van der Waals surface area contributed by atoms with E-state index >= 15 is 0 Å². The molecule has 0 aliphatic rings. The number of nitrogens with zero attached hydrogens (tertiary/aromatic N) is 4. The van der Waals surface area contributed by atoms with Crippen molar-refractivity contribution in [1.29, 1.82) is 15.8 Å². The van der Waals surface area contributed by atoms with Crippen molar-refractivity contribution in [2.45, 2.75) is 0 Å². The van der Waals surface area contributed by atoms with Crippen molar-refractivity contribution in [3.05, 3.63) is 26.4 Å². The van der Waals surface area contributed by atoms with Crippen molar-refractivity contribution in [2.75, 3.05) is 0 Å². The van der Waals surface area contributed by atoms with Crippen molar-refractivity contribution >= 4 is 23.5 Å². The van der Waals surface area contributed by atoms with E-state index in [2.05, 4.69) is 4.85 Å². The summed E-state index contributed by atoms with van der Waals surface area (Å²) >= 11 is 4.80. The van der Waals surface area contributed by atoms with E-state index in [1.54, 1.807) is 18.2 Å². The van der Waals surface area contributed by atoms with Crippen LogP contribution in [0.15, 0.2) is 0 Å². The molecule has 62 valence electrons. The molecule has 4 nitrogen and oxygen atoms in total. The molecule has 0 aliphatic carbocycles. The Morgan fingerprint density at radius 3 is 2.07 bits per heavy atom. The third kappa shape index (κ3) is 1.25. The van der Waals surface area contributed by atoms with E-state index in [-0.39, 0.29) is 26.2 Å². The number of hydrogen-bond acceptors (Lipinski definition) is 4. The Labute approximate surface area is 84.3 Å². The minimum Gasteiger partial charge on any atom is -0.226 e. The topological polar surface area (TPSA) is 75.7 Å². The third-order valence-corrected chi connectivity index (χ3v) is 1.98. The lowest BCUT2D eigenvalue weighted by Crippen LogP contribution is -2.03. The summed E-state index contributed by atoms with van der Waals surface area (Å²) in [6.07, 6.45) is 0. The highest BCUT2D eigenvalue weighted by atomic mass is 32.1. The van der Waals surface area contributed by atoms with Crippen LogP contribution in [0, 0.1) is 45.1 Å². The summed E-state index contributed by atoms with van der Waals surface area (Å²) in [7, 11) is 0. The summed E-state index contributed by atoms with van der Waals surface area (Å²) in [6.45, 7) is 6.66. The highest BCUT2D eigenvalue weighted by Crippen LogP contribution is 1.95. The van der Waals surface area contributed by atoms with E-state index < -0.39 is 0 Å². The first-order chi connectivity index (χ1) is 6.71. The molecule has 0 N–H and O–H groups in total. The van der Waals surface area contributed by atoms with Crippen LogP contribution < -0.4 is 10.4 Å². The summed E-state index contributed by atoms with van der Waals surface area (Å²) in [4.78, 5) is 2.95. The second-order valence-electron chi connectivity index (χ2n) is 2.25. The molecular weight excluding hydrogens is 196 g/mol. The lowest BCUT2D eigenvalue weighted by atomic mass is 10.3. The van der Waals surface area contributed by atoms with Gasteiger partial charge in [0.1, 0.15) is 17.7 Å². The smallest absolute Gasteiger partial charge is 0.226 e. The maximum Gasteiger partial charge on any atom is 0.271 e. The van der Waals surface area contributed by atoms with E-state index in [1.165, 1.54) is 0 Å². The zero-order chi connectivity index (χ0) is 10.7. The minimum atomic E-state index is -0.159. The Balaban J connectivity index is 3.80. The molecule has 1 aromatic carbocycles. The van der Waals surface area contributed by atoms with Crippen molar-refractivity contribution < 1.29 is 0 Å². The van der Waals surface area contributed by atoms with Crippen molar-refractivity contribution in [3.8, 4) is 18.2 Å². The third-order valence-electron chi connectivity index (χ3n) is 1.57. The highest BCUT2D eigenvalue weighted by Gasteiger charge is 2.13.